The van der Waals surface area contributed by atoms with Gasteiger partial charge in [0.2, 0.25) is 0 Å². The summed E-state index contributed by atoms with van der Waals surface area (Å²) >= 11 is 0. The van der Waals surface area contributed by atoms with E-state index in [0.29, 0.717) is 0 Å². The number of anilines is 2. The lowest BCUT2D eigenvalue weighted by molar-refractivity contribution is 0.592. The van der Waals surface area contributed by atoms with E-state index in [1.807, 2.05) is 115 Å². The number of nitrogens with one attached hydrogen (secondary N) is 2. The summed E-state index contributed by atoms with van der Waals surface area (Å²) in [4.78, 5) is 0. The maximum atomic E-state index is 14.6. The molecular formula is C24H21N2OP. The highest BCUT2D eigenvalue weighted by Crippen LogP contribution is 2.44. The van der Waals surface area contributed by atoms with Crippen LogP contribution in [0, 0.1) is 0 Å². The number of hydrogen-bond acceptors (Lipinski definition) is 3. The third kappa shape index (κ3) is 3.58. The highest BCUT2D eigenvalue weighted by Gasteiger charge is 2.31. The maximum Gasteiger partial charge on any atom is 0.173 e. The summed E-state index contributed by atoms with van der Waals surface area (Å²) < 4.78 is 14.6. The highest BCUT2D eigenvalue weighted by atomic mass is 31.2. The van der Waals surface area contributed by atoms with E-state index in [2.05, 4.69) is 10.9 Å². The second-order valence-corrected chi connectivity index (χ2v) is 9.15. The Morgan fingerprint density at radius 1 is 0.500 bits per heavy atom. The van der Waals surface area contributed by atoms with Gasteiger partial charge in [0.05, 0.1) is 11.4 Å². The van der Waals surface area contributed by atoms with E-state index in [1.54, 1.807) is 0 Å². The van der Waals surface area contributed by atoms with Gasteiger partial charge in [-0.1, -0.05) is 91.0 Å². The predicted octanol–water partition coefficient (Wildman–Crippen LogP) is 4.77. The molecule has 0 aliphatic carbocycles. The molecule has 2 N–H and O–H groups in total. The summed E-state index contributed by atoms with van der Waals surface area (Å²) in [5.74, 6) is 0. The lowest BCUT2D eigenvalue weighted by atomic mass is 10.3. The van der Waals surface area contributed by atoms with Gasteiger partial charge < -0.3 is 15.4 Å². The van der Waals surface area contributed by atoms with Gasteiger partial charge in [0, 0.05) is 15.9 Å². The first-order chi connectivity index (χ1) is 13.8. The minimum absolute atomic E-state index is 0.774. The minimum Gasteiger partial charge on any atom is -0.309 e. The third-order valence-electron chi connectivity index (χ3n) is 4.60. The van der Waals surface area contributed by atoms with Gasteiger partial charge in [0.1, 0.15) is 0 Å². The predicted molar refractivity (Wildman–Crippen MR) is 120 cm³/mol. The molecule has 3 nitrogen and oxygen atoms in total. The second kappa shape index (κ2) is 8.16. The molecule has 138 valence electrons. The molecular weight excluding hydrogens is 363 g/mol. The standard InChI is InChI=1S/C24H21N2OP/c27-28(21-14-6-2-7-15-21,22-16-8-3-9-17-22)24-19-11-10-18-23(24)26-25-20-12-4-1-5-13-20/h1-19,25-26H. The molecule has 0 fully saturated rings. The Hall–Kier alpha value is -3.29. The Bertz CT molecular complexity index is 1040. The van der Waals surface area contributed by atoms with Gasteiger partial charge in [0.15, 0.2) is 7.14 Å². The topological polar surface area (TPSA) is 41.1 Å². The fourth-order valence-corrected chi connectivity index (χ4v) is 6.02. The van der Waals surface area contributed by atoms with Crippen molar-refractivity contribution < 1.29 is 4.57 Å². The molecule has 0 atom stereocenters. The third-order valence-corrected chi connectivity index (χ3v) is 7.72. The van der Waals surface area contributed by atoms with E-state index in [4.69, 9.17) is 0 Å². The Kier molecular flexibility index (Phi) is 5.27. The molecule has 0 aromatic heterocycles. The van der Waals surface area contributed by atoms with Crippen molar-refractivity contribution >= 4 is 34.4 Å². The monoisotopic (exact) mass is 384 g/mol. The number of hydrazine groups is 1. The van der Waals surface area contributed by atoms with Crippen molar-refractivity contribution in [3.8, 4) is 0 Å². The van der Waals surface area contributed by atoms with E-state index in [9.17, 15) is 4.57 Å². The molecule has 0 amide bonds. The highest BCUT2D eigenvalue weighted by molar-refractivity contribution is 7.85. The van der Waals surface area contributed by atoms with Crippen molar-refractivity contribution in [3.63, 3.8) is 0 Å². The van der Waals surface area contributed by atoms with Crippen LogP contribution in [0.4, 0.5) is 11.4 Å². The van der Waals surface area contributed by atoms with Crippen LogP contribution in [0.2, 0.25) is 0 Å². The van der Waals surface area contributed by atoms with Crippen molar-refractivity contribution in [1.82, 2.24) is 0 Å². The van der Waals surface area contributed by atoms with E-state index >= 15 is 0 Å². The van der Waals surface area contributed by atoms with Gasteiger partial charge in [-0.2, -0.15) is 0 Å². The van der Waals surface area contributed by atoms with Crippen LogP contribution in [-0.2, 0) is 4.57 Å². The zero-order valence-electron chi connectivity index (χ0n) is 15.3. The molecule has 0 unspecified atom stereocenters. The summed E-state index contributed by atoms with van der Waals surface area (Å²) in [5.41, 5.74) is 8.19. The molecule has 4 heteroatoms. The van der Waals surface area contributed by atoms with Crippen LogP contribution in [0.25, 0.3) is 0 Å². The van der Waals surface area contributed by atoms with Gasteiger partial charge in [-0.3, -0.25) is 0 Å². The lowest BCUT2D eigenvalue weighted by Gasteiger charge is -2.23. The van der Waals surface area contributed by atoms with Crippen LogP contribution in [0.1, 0.15) is 0 Å². The lowest BCUT2D eigenvalue weighted by Crippen LogP contribution is -2.28. The van der Waals surface area contributed by atoms with Crippen molar-refractivity contribution in [2.24, 2.45) is 0 Å². The largest absolute Gasteiger partial charge is 0.309 e. The summed E-state index contributed by atoms with van der Waals surface area (Å²) in [6, 6.07) is 37.0. The number of rotatable bonds is 6. The van der Waals surface area contributed by atoms with Gasteiger partial charge >= 0.3 is 0 Å². The summed E-state index contributed by atoms with van der Waals surface area (Å²) in [7, 11) is -3.04. The average Bonchev–Trinajstić information content (AvgIpc) is 2.79. The molecule has 0 aliphatic heterocycles. The number of para-hydroxylation sites is 2. The van der Waals surface area contributed by atoms with E-state index in [0.717, 1.165) is 27.3 Å². The SMILES string of the molecule is O=P(c1ccccc1)(c1ccccc1)c1ccccc1NNc1ccccc1. The first-order valence-corrected chi connectivity index (χ1v) is 10.9. The van der Waals surface area contributed by atoms with E-state index in [1.165, 1.54) is 0 Å². The Labute approximate surface area is 165 Å². The van der Waals surface area contributed by atoms with E-state index < -0.39 is 7.14 Å². The molecule has 0 spiro atoms. The van der Waals surface area contributed by atoms with Crippen LogP contribution in [0.5, 0.6) is 0 Å². The Balaban J connectivity index is 1.81. The van der Waals surface area contributed by atoms with Gasteiger partial charge in [-0.15, -0.1) is 0 Å². The second-order valence-electron chi connectivity index (χ2n) is 6.41. The maximum absolute atomic E-state index is 14.6. The molecule has 0 aliphatic rings. The molecule has 28 heavy (non-hydrogen) atoms. The zero-order valence-corrected chi connectivity index (χ0v) is 16.2. The van der Waals surface area contributed by atoms with Crippen molar-refractivity contribution in [3.05, 3.63) is 115 Å². The Morgan fingerprint density at radius 2 is 0.964 bits per heavy atom. The van der Waals surface area contributed by atoms with Crippen LogP contribution in [-0.4, -0.2) is 0 Å². The van der Waals surface area contributed by atoms with Crippen molar-refractivity contribution in [2.75, 3.05) is 10.9 Å². The minimum atomic E-state index is -3.04. The quantitative estimate of drug-likeness (QED) is 0.372. The molecule has 0 saturated carbocycles. The first-order valence-electron chi connectivity index (χ1n) is 9.16. The van der Waals surface area contributed by atoms with Crippen molar-refractivity contribution in [1.29, 1.82) is 0 Å². The molecule has 4 aromatic carbocycles. The molecule has 0 radical (unpaired) electrons. The fourth-order valence-electron chi connectivity index (χ4n) is 3.22. The van der Waals surface area contributed by atoms with Crippen LogP contribution < -0.4 is 26.8 Å². The van der Waals surface area contributed by atoms with Crippen LogP contribution in [0.15, 0.2) is 115 Å². The van der Waals surface area contributed by atoms with Crippen LogP contribution in [0.3, 0.4) is 0 Å². The number of benzene rings is 4. The smallest absolute Gasteiger partial charge is 0.173 e. The normalized spacial score (nSPS) is 11.0. The van der Waals surface area contributed by atoms with Crippen molar-refractivity contribution in [2.45, 2.75) is 0 Å². The van der Waals surface area contributed by atoms with Gasteiger partial charge in [-0.05, 0) is 24.3 Å². The summed E-state index contributed by atoms with van der Waals surface area (Å²) in [5, 5.41) is 2.40. The summed E-state index contributed by atoms with van der Waals surface area (Å²) in [6.45, 7) is 0. The zero-order chi connectivity index (χ0) is 19.2. The number of hydrogen-bond donors (Lipinski definition) is 2. The molecule has 4 rings (SSSR count). The molecule has 0 bridgehead atoms. The fraction of sp³-hybridized carbons (Fsp3) is 0. The van der Waals surface area contributed by atoms with Gasteiger partial charge in [-0.25, -0.2) is 0 Å². The first kappa shape index (κ1) is 18.1. The molecule has 4 aromatic rings. The summed E-state index contributed by atoms with van der Waals surface area (Å²) in [6.07, 6.45) is 0. The molecule has 0 saturated heterocycles. The Morgan fingerprint density at radius 3 is 1.54 bits per heavy atom. The van der Waals surface area contributed by atoms with Crippen LogP contribution >= 0.6 is 7.14 Å². The van der Waals surface area contributed by atoms with E-state index in [-0.39, 0.29) is 0 Å². The average molecular weight is 384 g/mol. The molecule has 0 heterocycles. The van der Waals surface area contributed by atoms with Gasteiger partial charge in [0.25, 0.3) is 0 Å².